The van der Waals surface area contributed by atoms with Crippen LogP contribution in [-0.4, -0.2) is 29.5 Å². The predicted molar refractivity (Wildman–Crippen MR) is 83.3 cm³/mol. The van der Waals surface area contributed by atoms with E-state index < -0.39 is 0 Å². The first-order chi connectivity index (χ1) is 10.2. The van der Waals surface area contributed by atoms with Gasteiger partial charge in [0.2, 0.25) is 0 Å². The Kier molecular flexibility index (Phi) is 4.17. The first-order valence-electron chi connectivity index (χ1n) is 7.63. The third-order valence-electron chi connectivity index (χ3n) is 4.69. The van der Waals surface area contributed by atoms with Gasteiger partial charge in [0.15, 0.2) is 0 Å². The number of pyridine rings is 1. The Morgan fingerprint density at radius 2 is 2.24 bits per heavy atom. The lowest BCUT2D eigenvalue weighted by molar-refractivity contribution is 0.126. The quantitative estimate of drug-likeness (QED) is 0.944. The summed E-state index contributed by atoms with van der Waals surface area (Å²) < 4.78 is 13.8. The highest BCUT2D eigenvalue weighted by Crippen LogP contribution is 2.26. The summed E-state index contributed by atoms with van der Waals surface area (Å²) in [5.41, 5.74) is 7.74. The highest BCUT2D eigenvalue weighted by molar-refractivity contribution is 5.82. The number of benzene rings is 1. The second-order valence-electron chi connectivity index (χ2n) is 6.10. The maximum Gasteiger partial charge on any atom is 0.132 e. The SMILES string of the molecule is CC1CCN(Cc2ccc(F)c3cccnc23)CC1CN. The fourth-order valence-electron chi connectivity index (χ4n) is 3.24. The van der Waals surface area contributed by atoms with Gasteiger partial charge < -0.3 is 5.73 Å². The van der Waals surface area contributed by atoms with Gasteiger partial charge in [-0.25, -0.2) is 4.39 Å². The zero-order valence-corrected chi connectivity index (χ0v) is 12.4. The van der Waals surface area contributed by atoms with Crippen LogP contribution >= 0.6 is 0 Å². The average Bonchev–Trinajstić information content (AvgIpc) is 2.52. The number of nitrogens with two attached hydrogens (primary N) is 1. The molecule has 1 aromatic carbocycles. The summed E-state index contributed by atoms with van der Waals surface area (Å²) >= 11 is 0. The van der Waals surface area contributed by atoms with Crippen LogP contribution in [0.4, 0.5) is 4.39 Å². The van der Waals surface area contributed by atoms with Crippen molar-refractivity contribution in [3.05, 3.63) is 41.8 Å². The summed E-state index contributed by atoms with van der Waals surface area (Å²) in [6.45, 7) is 5.92. The molecule has 21 heavy (non-hydrogen) atoms. The summed E-state index contributed by atoms with van der Waals surface area (Å²) in [6, 6.07) is 6.98. The number of piperidine rings is 1. The molecule has 1 aliphatic rings. The van der Waals surface area contributed by atoms with Crippen LogP contribution in [0.1, 0.15) is 18.9 Å². The Morgan fingerprint density at radius 1 is 1.38 bits per heavy atom. The molecule has 2 unspecified atom stereocenters. The highest BCUT2D eigenvalue weighted by atomic mass is 19.1. The van der Waals surface area contributed by atoms with Crippen LogP contribution in [0, 0.1) is 17.7 Å². The molecule has 0 amide bonds. The molecule has 0 spiro atoms. The molecular formula is C17H22FN3. The van der Waals surface area contributed by atoms with E-state index in [1.165, 1.54) is 6.42 Å². The second kappa shape index (κ2) is 6.08. The van der Waals surface area contributed by atoms with Crippen molar-refractivity contribution in [1.29, 1.82) is 0 Å². The van der Waals surface area contributed by atoms with Crippen molar-refractivity contribution in [1.82, 2.24) is 9.88 Å². The molecule has 4 heteroatoms. The van der Waals surface area contributed by atoms with E-state index in [2.05, 4.69) is 16.8 Å². The van der Waals surface area contributed by atoms with Gasteiger partial charge in [-0.3, -0.25) is 9.88 Å². The summed E-state index contributed by atoms with van der Waals surface area (Å²) in [4.78, 5) is 6.79. The molecule has 0 radical (unpaired) electrons. The molecular weight excluding hydrogens is 265 g/mol. The number of likely N-dealkylation sites (tertiary alicyclic amines) is 1. The van der Waals surface area contributed by atoms with Crippen LogP contribution in [0.15, 0.2) is 30.5 Å². The smallest absolute Gasteiger partial charge is 0.132 e. The summed E-state index contributed by atoms with van der Waals surface area (Å²) in [5.74, 6) is 1.04. The van der Waals surface area contributed by atoms with E-state index in [0.717, 1.165) is 37.3 Å². The van der Waals surface area contributed by atoms with Crippen molar-refractivity contribution in [2.45, 2.75) is 19.9 Å². The summed E-state index contributed by atoms with van der Waals surface area (Å²) in [5, 5.41) is 0.607. The standard InChI is InChI=1S/C17H22FN3/c1-12-6-8-21(11-14(12)9-19)10-13-4-5-16(18)15-3-2-7-20-17(13)15/h2-5,7,12,14H,6,8-11,19H2,1H3. The van der Waals surface area contributed by atoms with Gasteiger partial charge in [0, 0.05) is 24.7 Å². The van der Waals surface area contributed by atoms with Crippen LogP contribution in [0.3, 0.4) is 0 Å². The van der Waals surface area contributed by atoms with Gasteiger partial charge in [0.1, 0.15) is 5.82 Å². The highest BCUT2D eigenvalue weighted by Gasteiger charge is 2.25. The topological polar surface area (TPSA) is 42.2 Å². The van der Waals surface area contributed by atoms with E-state index in [0.29, 0.717) is 17.2 Å². The fraction of sp³-hybridized carbons (Fsp3) is 0.471. The van der Waals surface area contributed by atoms with Gasteiger partial charge in [0.25, 0.3) is 0 Å². The lowest BCUT2D eigenvalue weighted by Gasteiger charge is -2.36. The van der Waals surface area contributed by atoms with E-state index in [9.17, 15) is 4.39 Å². The number of rotatable bonds is 3. The molecule has 1 fully saturated rings. The van der Waals surface area contributed by atoms with E-state index in [4.69, 9.17) is 5.73 Å². The minimum Gasteiger partial charge on any atom is -0.330 e. The first kappa shape index (κ1) is 14.4. The predicted octanol–water partition coefficient (Wildman–Crippen LogP) is 2.79. The zero-order valence-electron chi connectivity index (χ0n) is 12.4. The minimum absolute atomic E-state index is 0.200. The van der Waals surface area contributed by atoms with Crippen molar-refractivity contribution < 1.29 is 4.39 Å². The summed E-state index contributed by atoms with van der Waals surface area (Å²) in [6.07, 6.45) is 2.90. The zero-order chi connectivity index (χ0) is 14.8. The molecule has 0 saturated carbocycles. The van der Waals surface area contributed by atoms with E-state index in [1.807, 2.05) is 6.07 Å². The number of aromatic nitrogens is 1. The van der Waals surface area contributed by atoms with Crippen LogP contribution in [0.5, 0.6) is 0 Å². The monoisotopic (exact) mass is 287 g/mol. The minimum atomic E-state index is -0.200. The van der Waals surface area contributed by atoms with Gasteiger partial charge in [-0.1, -0.05) is 13.0 Å². The van der Waals surface area contributed by atoms with Gasteiger partial charge in [-0.05, 0) is 55.1 Å². The van der Waals surface area contributed by atoms with E-state index in [-0.39, 0.29) is 5.82 Å². The van der Waals surface area contributed by atoms with E-state index in [1.54, 1.807) is 24.4 Å². The second-order valence-corrected chi connectivity index (χ2v) is 6.10. The van der Waals surface area contributed by atoms with Crippen molar-refractivity contribution in [3.63, 3.8) is 0 Å². The number of hydrogen-bond donors (Lipinski definition) is 1. The third-order valence-corrected chi connectivity index (χ3v) is 4.69. The molecule has 1 aromatic heterocycles. The van der Waals surface area contributed by atoms with Crippen molar-refractivity contribution in [2.24, 2.45) is 17.6 Å². The van der Waals surface area contributed by atoms with Crippen LogP contribution in [0.2, 0.25) is 0 Å². The fourth-order valence-corrected chi connectivity index (χ4v) is 3.24. The van der Waals surface area contributed by atoms with Crippen molar-refractivity contribution >= 4 is 10.9 Å². The number of fused-ring (bicyclic) bond motifs is 1. The Morgan fingerprint density at radius 3 is 3.05 bits per heavy atom. The molecule has 2 aromatic rings. The first-order valence-corrected chi connectivity index (χ1v) is 7.63. The van der Waals surface area contributed by atoms with Crippen molar-refractivity contribution in [3.8, 4) is 0 Å². The molecule has 3 nitrogen and oxygen atoms in total. The molecule has 0 bridgehead atoms. The van der Waals surface area contributed by atoms with E-state index >= 15 is 0 Å². The Balaban J connectivity index is 1.84. The van der Waals surface area contributed by atoms with Gasteiger partial charge in [-0.15, -0.1) is 0 Å². The normalized spacial score (nSPS) is 23.6. The molecule has 2 atom stereocenters. The maximum atomic E-state index is 13.8. The molecule has 3 rings (SSSR count). The maximum absolute atomic E-state index is 13.8. The summed E-state index contributed by atoms with van der Waals surface area (Å²) in [7, 11) is 0. The number of nitrogens with zero attached hydrogens (tertiary/aromatic N) is 2. The molecule has 1 saturated heterocycles. The lowest BCUT2D eigenvalue weighted by Crippen LogP contribution is -2.42. The Bertz CT molecular complexity index is 628. The molecule has 2 N–H and O–H groups in total. The molecule has 1 aliphatic heterocycles. The van der Waals surface area contributed by atoms with Gasteiger partial charge in [0.05, 0.1) is 5.52 Å². The largest absolute Gasteiger partial charge is 0.330 e. The van der Waals surface area contributed by atoms with Gasteiger partial charge >= 0.3 is 0 Å². The van der Waals surface area contributed by atoms with Crippen LogP contribution in [0.25, 0.3) is 10.9 Å². The van der Waals surface area contributed by atoms with Crippen molar-refractivity contribution in [2.75, 3.05) is 19.6 Å². The number of hydrogen-bond acceptors (Lipinski definition) is 3. The average molecular weight is 287 g/mol. The lowest BCUT2D eigenvalue weighted by atomic mass is 9.87. The molecule has 2 heterocycles. The Hall–Kier alpha value is -1.52. The van der Waals surface area contributed by atoms with Crippen LogP contribution in [-0.2, 0) is 6.54 Å². The third kappa shape index (κ3) is 2.92. The molecule has 0 aliphatic carbocycles. The van der Waals surface area contributed by atoms with Gasteiger partial charge in [-0.2, -0.15) is 0 Å². The van der Waals surface area contributed by atoms with Crippen LogP contribution < -0.4 is 5.73 Å². The number of halogens is 1. The molecule has 112 valence electrons. The Labute approximate surface area is 125 Å².